The van der Waals surface area contributed by atoms with Crippen molar-refractivity contribution in [1.82, 2.24) is 4.90 Å². The van der Waals surface area contributed by atoms with Gasteiger partial charge in [0.2, 0.25) is 0 Å². The van der Waals surface area contributed by atoms with Crippen molar-refractivity contribution in [3.63, 3.8) is 0 Å². The molecule has 0 amide bonds. The SMILES string of the molecule is C#Cc1ccc(CCN2C(C)SCC2SCC)cc1. The molecule has 102 valence electrons. The number of rotatable bonds is 5. The zero-order valence-electron chi connectivity index (χ0n) is 11.6. The Bertz CT molecular complexity index is 433. The first-order chi connectivity index (χ1) is 9.24. The Labute approximate surface area is 125 Å². The number of hydrogen-bond donors (Lipinski definition) is 0. The maximum atomic E-state index is 5.38. The maximum absolute atomic E-state index is 5.38. The molecular weight excluding hydrogens is 270 g/mol. The third-order valence-electron chi connectivity index (χ3n) is 3.46. The van der Waals surface area contributed by atoms with Gasteiger partial charge >= 0.3 is 0 Å². The van der Waals surface area contributed by atoms with Gasteiger partial charge in [0.05, 0.1) is 10.7 Å². The topological polar surface area (TPSA) is 3.24 Å². The molecule has 1 saturated heterocycles. The lowest BCUT2D eigenvalue weighted by Crippen LogP contribution is -2.34. The zero-order valence-corrected chi connectivity index (χ0v) is 13.3. The zero-order chi connectivity index (χ0) is 13.7. The van der Waals surface area contributed by atoms with Crippen LogP contribution in [-0.4, -0.2) is 33.7 Å². The number of benzene rings is 1. The van der Waals surface area contributed by atoms with Crippen molar-refractivity contribution in [3.05, 3.63) is 35.4 Å². The van der Waals surface area contributed by atoms with Gasteiger partial charge in [-0.05, 0) is 36.8 Å². The van der Waals surface area contributed by atoms with E-state index in [9.17, 15) is 0 Å². The molecule has 2 unspecified atom stereocenters. The monoisotopic (exact) mass is 291 g/mol. The summed E-state index contributed by atoms with van der Waals surface area (Å²) in [5.74, 6) is 5.12. The summed E-state index contributed by atoms with van der Waals surface area (Å²) in [7, 11) is 0. The average molecular weight is 291 g/mol. The Morgan fingerprint density at radius 2 is 2.16 bits per heavy atom. The second kappa shape index (κ2) is 7.28. The Morgan fingerprint density at radius 1 is 1.42 bits per heavy atom. The van der Waals surface area contributed by atoms with Gasteiger partial charge in [0, 0.05) is 17.9 Å². The van der Waals surface area contributed by atoms with E-state index >= 15 is 0 Å². The molecule has 3 heteroatoms. The van der Waals surface area contributed by atoms with Crippen molar-refractivity contribution < 1.29 is 0 Å². The summed E-state index contributed by atoms with van der Waals surface area (Å²) in [6.45, 7) is 5.71. The van der Waals surface area contributed by atoms with Crippen LogP contribution in [0.5, 0.6) is 0 Å². The van der Waals surface area contributed by atoms with Crippen LogP contribution >= 0.6 is 23.5 Å². The van der Waals surface area contributed by atoms with Crippen molar-refractivity contribution in [1.29, 1.82) is 0 Å². The largest absolute Gasteiger partial charge is 0.279 e. The molecule has 1 nitrogen and oxygen atoms in total. The molecule has 0 saturated carbocycles. The van der Waals surface area contributed by atoms with E-state index in [4.69, 9.17) is 6.42 Å². The van der Waals surface area contributed by atoms with Crippen LogP contribution in [-0.2, 0) is 6.42 Å². The number of hydrogen-bond acceptors (Lipinski definition) is 3. The van der Waals surface area contributed by atoms with Crippen LogP contribution in [0, 0.1) is 12.3 Å². The molecule has 0 spiro atoms. The smallest absolute Gasteiger partial charge is 0.0658 e. The fourth-order valence-electron chi connectivity index (χ4n) is 2.34. The molecule has 0 aliphatic carbocycles. The summed E-state index contributed by atoms with van der Waals surface area (Å²) in [5, 5.41) is 1.34. The van der Waals surface area contributed by atoms with Crippen LogP contribution in [0.1, 0.15) is 25.0 Å². The van der Waals surface area contributed by atoms with Gasteiger partial charge < -0.3 is 0 Å². The number of thioether (sulfide) groups is 2. The molecule has 1 fully saturated rings. The van der Waals surface area contributed by atoms with Gasteiger partial charge in [0.1, 0.15) is 0 Å². The summed E-state index contributed by atoms with van der Waals surface area (Å²) in [4.78, 5) is 2.63. The van der Waals surface area contributed by atoms with Gasteiger partial charge in [0.15, 0.2) is 0 Å². The average Bonchev–Trinajstić information content (AvgIpc) is 2.78. The van der Waals surface area contributed by atoms with E-state index in [1.165, 1.54) is 17.1 Å². The second-order valence-electron chi connectivity index (χ2n) is 4.67. The molecule has 1 aromatic carbocycles. The van der Waals surface area contributed by atoms with Gasteiger partial charge in [-0.25, -0.2) is 0 Å². The van der Waals surface area contributed by atoms with E-state index in [-0.39, 0.29) is 0 Å². The molecule has 0 radical (unpaired) electrons. The molecule has 2 atom stereocenters. The van der Waals surface area contributed by atoms with E-state index in [0.717, 1.165) is 18.5 Å². The summed E-state index contributed by atoms with van der Waals surface area (Å²) in [6.07, 6.45) is 6.49. The van der Waals surface area contributed by atoms with Crippen molar-refractivity contribution >= 4 is 23.5 Å². The molecular formula is C16H21NS2. The van der Waals surface area contributed by atoms with Crippen molar-refractivity contribution in [3.8, 4) is 12.3 Å². The third kappa shape index (κ3) is 3.95. The van der Waals surface area contributed by atoms with Crippen molar-refractivity contribution in [2.24, 2.45) is 0 Å². The first-order valence-electron chi connectivity index (χ1n) is 6.79. The Balaban J connectivity index is 1.91. The van der Waals surface area contributed by atoms with Crippen LogP contribution in [0.15, 0.2) is 24.3 Å². The minimum atomic E-state index is 0.647. The lowest BCUT2D eigenvalue weighted by molar-refractivity contribution is 0.282. The second-order valence-corrected chi connectivity index (χ2v) is 7.48. The fourth-order valence-corrected chi connectivity index (χ4v) is 4.98. The third-order valence-corrected chi connectivity index (χ3v) is 6.08. The highest BCUT2D eigenvalue weighted by Crippen LogP contribution is 2.34. The minimum absolute atomic E-state index is 0.647. The summed E-state index contributed by atoms with van der Waals surface area (Å²) in [5.41, 5.74) is 2.34. The highest BCUT2D eigenvalue weighted by Gasteiger charge is 2.30. The van der Waals surface area contributed by atoms with E-state index in [1.807, 2.05) is 12.1 Å². The first kappa shape index (κ1) is 14.8. The minimum Gasteiger partial charge on any atom is -0.279 e. The lowest BCUT2D eigenvalue weighted by Gasteiger charge is -2.26. The van der Waals surface area contributed by atoms with Gasteiger partial charge in [-0.3, -0.25) is 4.90 Å². The number of terminal acetylenes is 1. The molecule has 19 heavy (non-hydrogen) atoms. The summed E-state index contributed by atoms with van der Waals surface area (Å²) < 4.78 is 0. The predicted molar refractivity (Wildman–Crippen MR) is 88.6 cm³/mol. The fraction of sp³-hybridized carbons (Fsp3) is 0.500. The van der Waals surface area contributed by atoms with Crippen molar-refractivity contribution in [2.75, 3.05) is 18.1 Å². The van der Waals surface area contributed by atoms with Crippen molar-refractivity contribution in [2.45, 2.75) is 31.0 Å². The van der Waals surface area contributed by atoms with Crippen LogP contribution in [0.2, 0.25) is 0 Å². The number of nitrogens with zero attached hydrogens (tertiary/aromatic N) is 1. The Hall–Kier alpha value is -0.560. The van der Waals surface area contributed by atoms with Gasteiger partial charge in [0.25, 0.3) is 0 Å². The molecule has 0 bridgehead atoms. The molecule has 2 rings (SSSR count). The molecule has 1 heterocycles. The van der Waals surface area contributed by atoms with Gasteiger partial charge in [-0.15, -0.1) is 29.9 Å². The van der Waals surface area contributed by atoms with E-state index in [0.29, 0.717) is 10.7 Å². The van der Waals surface area contributed by atoms with Crippen LogP contribution in [0.3, 0.4) is 0 Å². The normalized spacial score (nSPS) is 23.4. The van der Waals surface area contributed by atoms with Crippen LogP contribution in [0.4, 0.5) is 0 Å². The molecule has 0 N–H and O–H groups in total. The van der Waals surface area contributed by atoms with E-state index in [2.05, 4.69) is 60.3 Å². The predicted octanol–water partition coefficient (Wildman–Crippen LogP) is 3.68. The Kier molecular flexibility index (Phi) is 5.69. The molecule has 1 aliphatic heterocycles. The maximum Gasteiger partial charge on any atom is 0.0658 e. The quantitative estimate of drug-likeness (QED) is 0.762. The molecule has 1 aromatic rings. The molecule has 1 aliphatic rings. The highest BCUT2D eigenvalue weighted by atomic mass is 32.2. The van der Waals surface area contributed by atoms with E-state index < -0.39 is 0 Å². The standard InChI is InChI=1S/C16H21NS2/c1-4-14-6-8-15(9-7-14)10-11-17-13(3)19-12-16(17)18-5-2/h1,6-9,13,16H,5,10-12H2,2-3H3. The highest BCUT2D eigenvalue weighted by molar-refractivity contribution is 8.04. The first-order valence-corrected chi connectivity index (χ1v) is 8.89. The van der Waals surface area contributed by atoms with E-state index in [1.54, 1.807) is 0 Å². The van der Waals surface area contributed by atoms with Gasteiger partial charge in [-0.2, -0.15) is 0 Å². The molecule has 0 aromatic heterocycles. The summed E-state index contributed by atoms with van der Waals surface area (Å²) in [6, 6.07) is 8.39. The van der Waals surface area contributed by atoms with Crippen LogP contribution in [0.25, 0.3) is 0 Å². The Morgan fingerprint density at radius 3 is 2.79 bits per heavy atom. The summed E-state index contributed by atoms with van der Waals surface area (Å²) >= 11 is 4.14. The van der Waals surface area contributed by atoms with Crippen LogP contribution < -0.4 is 0 Å². The van der Waals surface area contributed by atoms with Gasteiger partial charge in [-0.1, -0.05) is 25.0 Å². The lowest BCUT2D eigenvalue weighted by atomic mass is 10.1.